The fraction of sp³-hybridized carbons (Fsp3) is 0.750. The van der Waals surface area contributed by atoms with E-state index in [2.05, 4.69) is 0 Å². The zero-order valence-electron chi connectivity index (χ0n) is 3.19. The molecule has 1 atom stereocenters. The first-order chi connectivity index (χ1) is 2.30. The third kappa shape index (κ3) is 0.318. The molecule has 28 valence electrons. The second-order valence-corrected chi connectivity index (χ2v) is 1.57. The smallest absolute Gasteiger partial charge is 0.136 e. The molecule has 0 unspecified atom stereocenters. The van der Waals surface area contributed by atoms with E-state index in [0.717, 1.165) is 6.42 Å². The van der Waals surface area contributed by atoms with Crippen LogP contribution in [0.4, 0.5) is 0 Å². The highest BCUT2D eigenvalue weighted by Gasteiger charge is 2.28. The first-order valence-electron chi connectivity index (χ1n) is 1.83. The molecule has 0 saturated heterocycles. The van der Waals surface area contributed by atoms with E-state index in [1.54, 1.807) is 0 Å². The molecule has 1 saturated carbocycles. The van der Waals surface area contributed by atoms with Gasteiger partial charge in [0.05, 0.1) is 0 Å². The summed E-state index contributed by atoms with van der Waals surface area (Å²) < 4.78 is 0. The maximum Gasteiger partial charge on any atom is 0.136 e. The van der Waals surface area contributed by atoms with Gasteiger partial charge in [-0.1, -0.05) is 6.92 Å². The zero-order valence-corrected chi connectivity index (χ0v) is 3.19. The fourth-order valence-electron chi connectivity index (χ4n) is 0.243. The molecule has 0 amide bonds. The summed E-state index contributed by atoms with van der Waals surface area (Å²) in [5, 5.41) is 0. The zero-order chi connectivity index (χ0) is 3.86. The lowest BCUT2D eigenvalue weighted by atomic mass is 10.5. The Morgan fingerprint density at radius 3 is 2.20 bits per heavy atom. The third-order valence-electron chi connectivity index (χ3n) is 0.897. The topological polar surface area (TPSA) is 17.1 Å². The van der Waals surface area contributed by atoms with Gasteiger partial charge in [0.15, 0.2) is 0 Å². The minimum absolute atomic E-state index is 0.412. The van der Waals surface area contributed by atoms with Crippen LogP contribution in [-0.4, -0.2) is 5.78 Å². The van der Waals surface area contributed by atoms with Crippen molar-refractivity contribution < 1.29 is 4.79 Å². The Morgan fingerprint density at radius 2 is 2.20 bits per heavy atom. The highest BCUT2D eigenvalue weighted by Crippen LogP contribution is 2.21. The number of carbonyl (C=O) groups is 1. The summed E-state index contributed by atoms with van der Waals surface area (Å²) in [5.41, 5.74) is 0. The number of hydrogen-bond donors (Lipinski definition) is 0. The maximum absolute atomic E-state index is 9.89. The van der Waals surface area contributed by atoms with Crippen molar-refractivity contribution in [3.05, 3.63) is 0 Å². The van der Waals surface area contributed by atoms with E-state index in [9.17, 15) is 4.79 Å². The van der Waals surface area contributed by atoms with Gasteiger partial charge in [-0.15, -0.1) is 0 Å². The molecule has 1 heteroatoms. The average Bonchev–Trinajstić information content (AvgIpc) is 1.79. The molecule has 0 heterocycles. The van der Waals surface area contributed by atoms with Crippen molar-refractivity contribution in [2.24, 2.45) is 5.92 Å². The van der Waals surface area contributed by atoms with Crippen LogP contribution in [0, 0.1) is 5.92 Å². The average molecular weight is 70.1 g/mol. The standard InChI is InChI=1S/C4H6O/c1-3-2-4(3)5/h3H,2H2,1H3/t3-/m1/s1. The molecule has 1 aliphatic rings. The van der Waals surface area contributed by atoms with Crippen LogP contribution in [0.15, 0.2) is 0 Å². The predicted molar refractivity (Wildman–Crippen MR) is 18.8 cm³/mol. The van der Waals surface area contributed by atoms with Crippen LogP contribution in [-0.2, 0) is 4.79 Å². The van der Waals surface area contributed by atoms with Gasteiger partial charge < -0.3 is 0 Å². The van der Waals surface area contributed by atoms with Gasteiger partial charge in [0, 0.05) is 12.3 Å². The summed E-state index contributed by atoms with van der Waals surface area (Å²) in [4.78, 5) is 9.89. The van der Waals surface area contributed by atoms with E-state index < -0.39 is 0 Å². The number of Topliss-reactive ketones (excluding diaryl/α,β-unsaturated/α-hetero) is 1. The van der Waals surface area contributed by atoms with E-state index in [1.165, 1.54) is 0 Å². The van der Waals surface area contributed by atoms with Crippen LogP contribution >= 0.6 is 0 Å². The number of hydrogen-bond acceptors (Lipinski definition) is 1. The Bertz CT molecular complexity index is 66.0. The third-order valence-corrected chi connectivity index (χ3v) is 0.897. The Kier molecular flexibility index (Phi) is 0.339. The maximum atomic E-state index is 9.89. The van der Waals surface area contributed by atoms with Crippen molar-refractivity contribution in [1.82, 2.24) is 0 Å². The van der Waals surface area contributed by atoms with Crippen molar-refractivity contribution in [1.29, 1.82) is 0 Å². The number of ketones is 1. The molecule has 0 aromatic carbocycles. The van der Waals surface area contributed by atoms with Crippen molar-refractivity contribution in [3.63, 3.8) is 0 Å². The predicted octanol–water partition coefficient (Wildman–Crippen LogP) is 0.595. The van der Waals surface area contributed by atoms with Gasteiger partial charge in [-0.05, 0) is 0 Å². The second kappa shape index (κ2) is 0.588. The molecule has 0 bridgehead atoms. The largest absolute Gasteiger partial charge is 0.299 e. The molecule has 0 N–H and O–H groups in total. The van der Waals surface area contributed by atoms with Gasteiger partial charge in [0.25, 0.3) is 0 Å². The number of rotatable bonds is 0. The molecular formula is C4H6O. The van der Waals surface area contributed by atoms with Gasteiger partial charge in [0.2, 0.25) is 0 Å². The van der Waals surface area contributed by atoms with Gasteiger partial charge in [-0.2, -0.15) is 0 Å². The minimum atomic E-state index is 0.412. The molecule has 0 spiro atoms. The summed E-state index contributed by atoms with van der Waals surface area (Å²) in [7, 11) is 0. The Balaban J connectivity index is 2.47. The molecule has 0 aromatic rings. The first kappa shape index (κ1) is 2.88. The van der Waals surface area contributed by atoms with E-state index in [-0.39, 0.29) is 0 Å². The van der Waals surface area contributed by atoms with Crippen LogP contribution in [0.25, 0.3) is 0 Å². The van der Waals surface area contributed by atoms with Gasteiger partial charge >= 0.3 is 0 Å². The van der Waals surface area contributed by atoms with Crippen molar-refractivity contribution >= 4 is 5.78 Å². The lowest BCUT2D eigenvalue weighted by Crippen LogP contribution is -1.60. The quantitative estimate of drug-likeness (QED) is 0.407. The normalized spacial score (nSPS) is 34.6. The van der Waals surface area contributed by atoms with E-state index in [0.29, 0.717) is 11.7 Å². The molecule has 0 radical (unpaired) electrons. The van der Waals surface area contributed by atoms with E-state index in [1.807, 2.05) is 6.92 Å². The number of carbonyl (C=O) groups excluding carboxylic acids is 1. The summed E-state index contributed by atoms with van der Waals surface area (Å²) in [6, 6.07) is 0. The molecular weight excluding hydrogens is 64.0 g/mol. The van der Waals surface area contributed by atoms with Crippen LogP contribution in [0.1, 0.15) is 13.3 Å². The van der Waals surface area contributed by atoms with Crippen LogP contribution < -0.4 is 0 Å². The molecule has 1 aliphatic carbocycles. The van der Waals surface area contributed by atoms with E-state index in [4.69, 9.17) is 0 Å². The van der Waals surface area contributed by atoms with Crippen LogP contribution in [0.3, 0.4) is 0 Å². The molecule has 0 aliphatic heterocycles. The summed E-state index contributed by atoms with van der Waals surface area (Å²) in [6.07, 6.45) is 0.833. The fourth-order valence-corrected chi connectivity index (χ4v) is 0.243. The Morgan fingerprint density at radius 1 is 2.00 bits per heavy atom. The lowest BCUT2D eigenvalue weighted by Gasteiger charge is -1.52. The van der Waals surface area contributed by atoms with Crippen molar-refractivity contribution in [2.75, 3.05) is 0 Å². The summed E-state index contributed by atoms with van der Waals surface area (Å²) in [6.45, 7) is 1.95. The highest BCUT2D eigenvalue weighted by atomic mass is 16.1. The molecule has 1 nitrogen and oxygen atoms in total. The summed E-state index contributed by atoms with van der Waals surface area (Å²) >= 11 is 0. The van der Waals surface area contributed by atoms with Gasteiger partial charge in [-0.3, -0.25) is 4.79 Å². The molecule has 1 rings (SSSR count). The monoisotopic (exact) mass is 70.0 g/mol. The van der Waals surface area contributed by atoms with Crippen LogP contribution in [0.5, 0.6) is 0 Å². The van der Waals surface area contributed by atoms with Gasteiger partial charge in [-0.25, -0.2) is 0 Å². The van der Waals surface area contributed by atoms with Gasteiger partial charge in [0.1, 0.15) is 5.78 Å². The molecule has 0 aromatic heterocycles. The lowest BCUT2D eigenvalue weighted by molar-refractivity contribution is -0.110. The second-order valence-electron chi connectivity index (χ2n) is 1.57. The SMILES string of the molecule is C[C@@H]1CC1=O. The molecule has 5 heavy (non-hydrogen) atoms. The van der Waals surface area contributed by atoms with E-state index >= 15 is 0 Å². The Labute approximate surface area is 31.0 Å². The molecule has 1 fully saturated rings. The first-order valence-corrected chi connectivity index (χ1v) is 1.83. The Hall–Kier alpha value is -0.330. The van der Waals surface area contributed by atoms with Crippen molar-refractivity contribution in [2.45, 2.75) is 13.3 Å². The summed E-state index contributed by atoms with van der Waals surface area (Å²) in [5.74, 6) is 0.833. The minimum Gasteiger partial charge on any atom is -0.299 e. The van der Waals surface area contributed by atoms with Crippen LogP contribution in [0.2, 0.25) is 0 Å². The highest BCUT2D eigenvalue weighted by molar-refractivity contribution is 5.95. The van der Waals surface area contributed by atoms with Crippen molar-refractivity contribution in [3.8, 4) is 0 Å².